The van der Waals surface area contributed by atoms with Gasteiger partial charge in [0, 0.05) is 27.6 Å². The topological polar surface area (TPSA) is 63.8 Å². The van der Waals surface area contributed by atoms with Crippen LogP contribution in [-0.2, 0) is 0 Å². The second-order valence-electron chi connectivity index (χ2n) is 19.8. The minimum atomic E-state index is 0.327. The molecule has 0 saturated carbocycles. The Morgan fingerprint density at radius 1 is 0.328 bits per heavy atom. The third-order valence-electron chi connectivity index (χ3n) is 17.0. The van der Waals surface area contributed by atoms with E-state index in [-0.39, 0.29) is 0 Å². The molecule has 10 aromatic rings. The van der Waals surface area contributed by atoms with Gasteiger partial charge < -0.3 is 9.67 Å². The summed E-state index contributed by atoms with van der Waals surface area (Å²) >= 11 is 0. The second-order valence-corrected chi connectivity index (χ2v) is 19.8. The molecule has 2 aromatic heterocycles. The fourth-order valence-electron chi connectivity index (χ4n) is 11.6. The van der Waals surface area contributed by atoms with Crippen molar-refractivity contribution in [2.75, 3.05) is 0 Å². The Balaban J connectivity index is 1.49. The minimum Gasteiger partial charge on any atom is -0.509 e. The molecule has 302 valence electrons. The Morgan fingerprint density at radius 3 is 1.10 bits per heavy atom. The van der Waals surface area contributed by atoms with Crippen LogP contribution in [0.15, 0.2) is 60.7 Å². The van der Waals surface area contributed by atoms with Gasteiger partial charge in [-0.05, 0) is 55.3 Å². The average molecular weight is 842 g/mol. The largest absolute Gasteiger partial charge is 0.509 e. The summed E-state index contributed by atoms with van der Waals surface area (Å²) in [7, 11) is 37.5. The lowest BCUT2D eigenvalue weighted by atomic mass is 9.60. The van der Waals surface area contributed by atoms with Gasteiger partial charge in [-0.25, -0.2) is 15.0 Å². The van der Waals surface area contributed by atoms with Gasteiger partial charge in [0.2, 0.25) is 0 Å². The van der Waals surface area contributed by atoms with Crippen molar-refractivity contribution < 1.29 is 5.11 Å². The van der Waals surface area contributed by atoms with E-state index in [2.05, 4.69) is 191 Å². The molecular formula is C45H45B17N4O. The van der Waals surface area contributed by atoms with Crippen molar-refractivity contribution in [2.24, 2.45) is 0 Å². The zero-order chi connectivity index (χ0) is 48.0. The van der Waals surface area contributed by atoms with Crippen LogP contribution in [0.5, 0.6) is 5.75 Å². The molecule has 67 heavy (non-hydrogen) atoms. The smallest absolute Gasteiger partial charge is 0.166 e. The molecule has 0 atom stereocenters. The first-order chi connectivity index (χ1) is 31.8. The molecule has 22 heteroatoms. The predicted octanol–water partition coefficient (Wildman–Crippen LogP) is -18.5. The highest BCUT2D eigenvalue weighted by Gasteiger charge is 2.28. The van der Waals surface area contributed by atoms with Crippen LogP contribution in [-0.4, -0.2) is 158 Å². The Bertz CT molecular complexity index is 3710. The summed E-state index contributed by atoms with van der Waals surface area (Å²) in [6.45, 7) is 0. The van der Waals surface area contributed by atoms with Gasteiger partial charge >= 0.3 is 0 Å². The molecule has 0 radical (unpaired) electrons. The van der Waals surface area contributed by atoms with E-state index in [0.29, 0.717) is 23.2 Å². The van der Waals surface area contributed by atoms with Crippen molar-refractivity contribution in [1.82, 2.24) is 19.5 Å². The summed E-state index contributed by atoms with van der Waals surface area (Å²) in [4.78, 5) is 16.9. The Labute approximate surface area is 409 Å². The van der Waals surface area contributed by atoms with Crippen molar-refractivity contribution in [1.29, 1.82) is 0 Å². The number of phenolic OH excluding ortho intramolecular Hbond substituents is 1. The Kier molecular flexibility index (Phi) is 10.7. The fraction of sp³-hybridized carbons (Fsp3) is 0. The van der Waals surface area contributed by atoms with Crippen LogP contribution >= 0.6 is 0 Å². The highest BCUT2D eigenvalue weighted by molar-refractivity contribution is 6.71. The SMILES string of the molecule is Bc1c(B)c(B)c(-c2nc(-c3cc4c5ccccc5c5ccccc5c4cc3-n3c4c(B)c(B)c(B)c(B)c4c4c(B)c(B)c(O)c(B)c43)nc(-c3c(B)c(B)c(B)c(B)c3B)n2)c(B)c1B. The van der Waals surface area contributed by atoms with Crippen molar-refractivity contribution in [3.05, 3.63) is 60.7 Å². The van der Waals surface area contributed by atoms with Crippen LogP contribution in [0.1, 0.15) is 0 Å². The fourth-order valence-corrected chi connectivity index (χ4v) is 11.6. The summed E-state index contributed by atoms with van der Waals surface area (Å²) in [5.41, 5.74) is 26.3. The molecule has 8 aromatic carbocycles. The summed E-state index contributed by atoms with van der Waals surface area (Å²) in [6, 6.07) is 22.3. The summed E-state index contributed by atoms with van der Waals surface area (Å²) < 4.78 is 2.45. The lowest BCUT2D eigenvalue weighted by Gasteiger charge is -2.23. The van der Waals surface area contributed by atoms with Crippen molar-refractivity contribution >= 4 is 280 Å². The number of phenols is 1. The van der Waals surface area contributed by atoms with E-state index >= 15 is 0 Å². The van der Waals surface area contributed by atoms with E-state index in [4.69, 9.17) is 15.0 Å². The quantitative estimate of drug-likeness (QED) is 0.142. The van der Waals surface area contributed by atoms with E-state index in [1.807, 2.05) is 7.85 Å². The third-order valence-corrected chi connectivity index (χ3v) is 17.0. The number of rotatable bonds is 4. The maximum atomic E-state index is 12.1. The highest BCUT2D eigenvalue weighted by atomic mass is 16.3. The van der Waals surface area contributed by atoms with E-state index < -0.39 is 0 Å². The lowest BCUT2D eigenvalue weighted by molar-refractivity contribution is 0.484. The Hall–Kier alpha value is -5.75. The molecule has 5 nitrogen and oxygen atoms in total. The molecule has 0 aliphatic carbocycles. The van der Waals surface area contributed by atoms with Gasteiger partial charge in [0.25, 0.3) is 0 Å². The molecule has 0 spiro atoms. The third kappa shape index (κ3) is 6.29. The molecule has 10 rings (SSSR count). The molecular weight excluding hydrogens is 796 g/mol. The number of aromatic nitrogens is 4. The molecule has 0 amide bonds. The average Bonchev–Trinajstić information content (AvgIpc) is 3.70. The number of hydrogen-bond donors (Lipinski definition) is 1. The van der Waals surface area contributed by atoms with Crippen LogP contribution in [0.4, 0.5) is 0 Å². The van der Waals surface area contributed by atoms with Crippen LogP contribution in [0.25, 0.3) is 94.0 Å². The molecule has 0 fully saturated rings. The van der Waals surface area contributed by atoms with Gasteiger partial charge in [-0.3, -0.25) is 0 Å². The maximum absolute atomic E-state index is 12.1. The molecule has 1 N–H and O–H groups in total. The molecule has 0 saturated heterocycles. The first-order valence-corrected chi connectivity index (χ1v) is 23.8. The summed E-state index contributed by atoms with van der Waals surface area (Å²) in [5.74, 6) is 2.28. The molecule has 0 bridgehead atoms. The highest BCUT2D eigenvalue weighted by Crippen LogP contribution is 2.41. The van der Waals surface area contributed by atoms with E-state index in [1.54, 1.807) is 0 Å². The number of fused-ring (bicyclic) bond motifs is 9. The van der Waals surface area contributed by atoms with Crippen LogP contribution in [0, 0.1) is 0 Å². The summed E-state index contributed by atoms with van der Waals surface area (Å²) in [5, 5.41) is 21.5. The maximum Gasteiger partial charge on any atom is 0.166 e. The number of aromatic hydroxyl groups is 1. The first kappa shape index (κ1) is 45.1. The van der Waals surface area contributed by atoms with Gasteiger partial charge in [0.1, 0.15) is 139 Å². The number of nitrogens with zero attached hydrogens (tertiary/aromatic N) is 4. The minimum absolute atomic E-state index is 0.327. The van der Waals surface area contributed by atoms with Gasteiger partial charge in [-0.15, -0.1) is 38.2 Å². The zero-order valence-corrected chi connectivity index (χ0v) is 42.5. The standard InChI is InChI=1S/C45H45B17N4O/c46-23-19-20-24(47)38(61)42(67)39(62)41(20)66(40(19)37(60)36(59)29(23)52)18-10-16-14-8-4-2-6-12(14)11-5-1-3-7-13(11)15(16)9-17(18)43-63-44(21-25(48)30(53)34(57)31(54)26(21)49)65-45(64-43)22-27(50)32(55)35(58)33(56)28(22)51/h1-10,67H,46-62H2. The monoisotopic (exact) mass is 845 g/mol. The molecule has 0 aliphatic heterocycles. The molecule has 0 unspecified atom stereocenters. The van der Waals surface area contributed by atoms with Gasteiger partial charge in [0.05, 0.1) is 11.2 Å². The van der Waals surface area contributed by atoms with Gasteiger partial charge in [0.15, 0.2) is 17.5 Å². The van der Waals surface area contributed by atoms with Gasteiger partial charge in [-0.2, -0.15) is 0 Å². The van der Waals surface area contributed by atoms with Crippen molar-refractivity contribution in [2.45, 2.75) is 0 Å². The van der Waals surface area contributed by atoms with Crippen molar-refractivity contribution in [3.63, 3.8) is 0 Å². The van der Waals surface area contributed by atoms with E-state index in [1.165, 1.54) is 109 Å². The normalized spacial score (nSPS) is 11.8. The van der Waals surface area contributed by atoms with Crippen LogP contribution < -0.4 is 92.9 Å². The lowest BCUT2D eigenvalue weighted by Crippen LogP contribution is -2.55. The predicted molar refractivity (Wildman–Crippen MR) is 344 cm³/mol. The zero-order valence-electron chi connectivity index (χ0n) is 42.5. The number of hydrogen-bond acceptors (Lipinski definition) is 4. The summed E-state index contributed by atoms with van der Waals surface area (Å²) in [6.07, 6.45) is 0. The molecule has 2 heterocycles. The van der Waals surface area contributed by atoms with E-state index in [9.17, 15) is 5.11 Å². The van der Waals surface area contributed by atoms with Crippen LogP contribution in [0.2, 0.25) is 0 Å². The van der Waals surface area contributed by atoms with Crippen molar-refractivity contribution in [3.8, 4) is 45.6 Å². The first-order valence-electron chi connectivity index (χ1n) is 23.8. The van der Waals surface area contributed by atoms with E-state index in [0.717, 1.165) is 60.6 Å². The number of benzene rings is 8. The van der Waals surface area contributed by atoms with Crippen LogP contribution in [0.3, 0.4) is 0 Å². The van der Waals surface area contributed by atoms with Gasteiger partial charge in [-0.1, -0.05) is 97.7 Å². The Morgan fingerprint density at radius 2 is 0.657 bits per heavy atom. The molecule has 0 aliphatic rings. The second kappa shape index (κ2) is 15.9.